The molecule has 0 aliphatic carbocycles. The second-order valence-corrected chi connectivity index (χ2v) is 5.71. The van der Waals surface area contributed by atoms with Crippen molar-refractivity contribution in [1.82, 2.24) is 14.9 Å². The van der Waals surface area contributed by atoms with E-state index in [1.165, 1.54) is 6.42 Å². The van der Waals surface area contributed by atoms with Crippen LogP contribution in [0.4, 0.5) is 5.82 Å². The molecule has 0 saturated carbocycles. The van der Waals surface area contributed by atoms with E-state index in [1.807, 2.05) is 20.0 Å². The predicted molar refractivity (Wildman–Crippen MR) is 84.7 cm³/mol. The highest BCUT2D eigenvalue weighted by atomic mass is 16.5. The molecule has 6 nitrogen and oxygen atoms in total. The second-order valence-electron chi connectivity index (χ2n) is 5.71. The Hall–Kier alpha value is -1.40. The smallest absolute Gasteiger partial charge is 0.234 e. The predicted octanol–water partition coefficient (Wildman–Crippen LogP) is 1.12. The molecular formula is C15H27N5O. The second kappa shape index (κ2) is 8.14. The van der Waals surface area contributed by atoms with E-state index in [0.717, 1.165) is 51.5 Å². The van der Waals surface area contributed by atoms with E-state index in [1.54, 1.807) is 6.20 Å². The summed E-state index contributed by atoms with van der Waals surface area (Å²) in [4.78, 5) is 13.6. The number of anilines is 1. The molecule has 2 N–H and O–H groups in total. The molecular weight excluding hydrogens is 266 g/mol. The van der Waals surface area contributed by atoms with Gasteiger partial charge in [0.1, 0.15) is 0 Å². The largest absolute Gasteiger partial charge is 0.474 e. The molecule has 2 rings (SSSR count). The van der Waals surface area contributed by atoms with Gasteiger partial charge in [-0.2, -0.15) is 4.98 Å². The van der Waals surface area contributed by atoms with Crippen molar-refractivity contribution in [2.75, 3.05) is 44.2 Å². The summed E-state index contributed by atoms with van der Waals surface area (Å²) in [5, 5.41) is 0. The van der Waals surface area contributed by atoms with E-state index in [2.05, 4.69) is 19.8 Å². The van der Waals surface area contributed by atoms with Crippen molar-refractivity contribution in [1.29, 1.82) is 0 Å². The van der Waals surface area contributed by atoms with Gasteiger partial charge in [0.25, 0.3) is 0 Å². The lowest BCUT2D eigenvalue weighted by Crippen LogP contribution is -2.47. The first-order valence-corrected chi connectivity index (χ1v) is 7.85. The number of unbranched alkanes of at least 4 members (excludes halogenated alkanes) is 1. The maximum absolute atomic E-state index is 5.61. The van der Waals surface area contributed by atoms with E-state index < -0.39 is 0 Å². The number of rotatable bonds is 7. The first-order valence-electron chi connectivity index (χ1n) is 7.85. The zero-order chi connectivity index (χ0) is 15.1. The minimum atomic E-state index is 0.119. The van der Waals surface area contributed by atoms with Gasteiger partial charge < -0.3 is 15.4 Å². The summed E-state index contributed by atoms with van der Waals surface area (Å²) in [5.74, 6) is 1.52. The van der Waals surface area contributed by atoms with E-state index in [0.29, 0.717) is 5.88 Å². The van der Waals surface area contributed by atoms with Gasteiger partial charge >= 0.3 is 0 Å². The molecule has 1 saturated heterocycles. The molecule has 21 heavy (non-hydrogen) atoms. The van der Waals surface area contributed by atoms with Crippen LogP contribution in [-0.4, -0.2) is 60.2 Å². The van der Waals surface area contributed by atoms with Gasteiger partial charge in [0, 0.05) is 26.2 Å². The number of aromatic nitrogens is 2. The van der Waals surface area contributed by atoms with Crippen LogP contribution >= 0.6 is 0 Å². The molecule has 0 spiro atoms. The zero-order valence-electron chi connectivity index (χ0n) is 13.2. The van der Waals surface area contributed by atoms with Crippen molar-refractivity contribution < 1.29 is 4.74 Å². The highest BCUT2D eigenvalue weighted by Crippen LogP contribution is 2.17. The molecule has 0 atom stereocenters. The molecule has 1 aliphatic rings. The van der Waals surface area contributed by atoms with E-state index in [9.17, 15) is 0 Å². The summed E-state index contributed by atoms with van der Waals surface area (Å²) in [7, 11) is 0. The fourth-order valence-corrected chi connectivity index (χ4v) is 2.47. The van der Waals surface area contributed by atoms with Crippen LogP contribution in [0.3, 0.4) is 0 Å². The van der Waals surface area contributed by atoms with Crippen LogP contribution in [0.25, 0.3) is 0 Å². The lowest BCUT2D eigenvalue weighted by molar-refractivity contribution is 0.230. The van der Waals surface area contributed by atoms with Gasteiger partial charge in [-0.05, 0) is 39.8 Å². The third kappa shape index (κ3) is 5.13. The summed E-state index contributed by atoms with van der Waals surface area (Å²) >= 11 is 0. The SMILES string of the molecule is CC(C)Oc1cncc(N2CCN(CCCCN)CC2)n1. The number of nitrogens with zero attached hydrogens (tertiary/aromatic N) is 4. The number of ether oxygens (including phenoxy) is 1. The molecule has 1 aromatic heterocycles. The van der Waals surface area contributed by atoms with Gasteiger partial charge in [-0.3, -0.25) is 9.88 Å². The fraction of sp³-hybridized carbons (Fsp3) is 0.733. The third-order valence-electron chi connectivity index (χ3n) is 3.58. The highest BCUT2D eigenvalue weighted by molar-refractivity contribution is 5.38. The molecule has 0 unspecified atom stereocenters. The number of hydrogen-bond acceptors (Lipinski definition) is 6. The van der Waals surface area contributed by atoms with Gasteiger partial charge in [-0.25, -0.2) is 0 Å². The molecule has 1 aromatic rings. The summed E-state index contributed by atoms with van der Waals surface area (Å²) in [6.45, 7) is 10.0. The topological polar surface area (TPSA) is 67.5 Å². The van der Waals surface area contributed by atoms with Crippen molar-refractivity contribution in [2.24, 2.45) is 5.73 Å². The Balaban J connectivity index is 1.84. The van der Waals surface area contributed by atoms with Gasteiger partial charge in [0.2, 0.25) is 5.88 Å². The average molecular weight is 293 g/mol. The van der Waals surface area contributed by atoms with Crippen molar-refractivity contribution in [3.05, 3.63) is 12.4 Å². The third-order valence-corrected chi connectivity index (χ3v) is 3.58. The van der Waals surface area contributed by atoms with Crippen LogP contribution in [0.1, 0.15) is 26.7 Å². The summed E-state index contributed by atoms with van der Waals surface area (Å²) in [6, 6.07) is 0. The Morgan fingerprint density at radius 2 is 1.95 bits per heavy atom. The monoisotopic (exact) mass is 293 g/mol. The van der Waals surface area contributed by atoms with Crippen molar-refractivity contribution in [3.63, 3.8) is 0 Å². The molecule has 0 aromatic carbocycles. The molecule has 1 fully saturated rings. The Labute approximate surface area is 127 Å². The maximum atomic E-state index is 5.61. The lowest BCUT2D eigenvalue weighted by atomic mass is 10.2. The number of piperazine rings is 1. The summed E-state index contributed by atoms with van der Waals surface area (Å²) in [6.07, 6.45) is 5.91. The van der Waals surface area contributed by atoms with E-state index >= 15 is 0 Å². The van der Waals surface area contributed by atoms with Crippen LogP contribution < -0.4 is 15.4 Å². The van der Waals surface area contributed by atoms with Gasteiger partial charge in [-0.1, -0.05) is 0 Å². The van der Waals surface area contributed by atoms with Crippen LogP contribution in [0.5, 0.6) is 5.88 Å². The van der Waals surface area contributed by atoms with Gasteiger partial charge in [-0.15, -0.1) is 0 Å². The quantitative estimate of drug-likeness (QED) is 0.760. The molecule has 118 valence electrons. The van der Waals surface area contributed by atoms with Crippen LogP contribution in [0, 0.1) is 0 Å². The fourth-order valence-electron chi connectivity index (χ4n) is 2.47. The first-order chi connectivity index (χ1) is 10.2. The molecule has 6 heteroatoms. The summed E-state index contributed by atoms with van der Waals surface area (Å²) < 4.78 is 5.61. The van der Waals surface area contributed by atoms with Gasteiger partial charge in [0.15, 0.2) is 5.82 Å². The van der Waals surface area contributed by atoms with Crippen LogP contribution in [0.2, 0.25) is 0 Å². The van der Waals surface area contributed by atoms with Crippen molar-refractivity contribution in [2.45, 2.75) is 32.8 Å². The summed E-state index contributed by atoms with van der Waals surface area (Å²) in [5.41, 5.74) is 5.54. The van der Waals surface area contributed by atoms with Crippen LogP contribution in [-0.2, 0) is 0 Å². The number of nitrogens with two attached hydrogens (primary N) is 1. The Morgan fingerprint density at radius 1 is 1.19 bits per heavy atom. The van der Waals surface area contributed by atoms with E-state index in [4.69, 9.17) is 10.5 Å². The van der Waals surface area contributed by atoms with Gasteiger partial charge in [0.05, 0.1) is 18.5 Å². The Bertz CT molecular complexity index is 418. The first kappa shape index (κ1) is 16.0. The average Bonchev–Trinajstić information content (AvgIpc) is 2.48. The standard InChI is InChI=1S/C15H27N5O/c1-13(2)21-15-12-17-11-14(18-15)20-9-7-19(8-10-20)6-4-3-5-16/h11-13H,3-10,16H2,1-2H3. The van der Waals surface area contributed by atoms with Crippen LogP contribution in [0.15, 0.2) is 12.4 Å². The molecule has 1 aliphatic heterocycles. The normalized spacial score (nSPS) is 16.5. The minimum absolute atomic E-state index is 0.119. The van der Waals surface area contributed by atoms with E-state index in [-0.39, 0.29) is 6.10 Å². The zero-order valence-corrected chi connectivity index (χ0v) is 13.2. The molecule has 0 bridgehead atoms. The molecule has 0 amide bonds. The Kier molecular flexibility index (Phi) is 6.20. The molecule has 0 radical (unpaired) electrons. The maximum Gasteiger partial charge on any atom is 0.234 e. The Morgan fingerprint density at radius 3 is 2.62 bits per heavy atom. The number of hydrogen-bond donors (Lipinski definition) is 1. The minimum Gasteiger partial charge on any atom is -0.474 e. The lowest BCUT2D eigenvalue weighted by Gasteiger charge is -2.35. The molecule has 2 heterocycles. The van der Waals surface area contributed by atoms with Crippen molar-refractivity contribution in [3.8, 4) is 5.88 Å². The van der Waals surface area contributed by atoms with Crippen molar-refractivity contribution >= 4 is 5.82 Å². The highest BCUT2D eigenvalue weighted by Gasteiger charge is 2.18.